The van der Waals surface area contributed by atoms with E-state index in [0.717, 1.165) is 16.7 Å². The number of carboxylic acid groups (broad SMARTS) is 1. The summed E-state index contributed by atoms with van der Waals surface area (Å²) in [6.45, 7) is 6.02. The lowest BCUT2D eigenvalue weighted by Gasteiger charge is -2.15. The van der Waals surface area contributed by atoms with Gasteiger partial charge in [0.1, 0.15) is 0 Å². The average Bonchev–Trinajstić information content (AvgIpc) is 2.18. The summed E-state index contributed by atoms with van der Waals surface area (Å²) in [4.78, 5) is 11.0. The molecule has 0 fully saturated rings. The number of rotatable bonds is 4. The van der Waals surface area contributed by atoms with Gasteiger partial charge in [0.2, 0.25) is 0 Å². The maximum absolute atomic E-state index is 11.0. The third kappa shape index (κ3) is 2.80. The van der Waals surface area contributed by atoms with Crippen LogP contribution in [0.25, 0.3) is 0 Å². The summed E-state index contributed by atoms with van der Waals surface area (Å²) in [6, 6.07) is 5.74. The molecule has 0 radical (unpaired) electrons. The van der Waals surface area contributed by atoms with E-state index >= 15 is 0 Å². The van der Waals surface area contributed by atoms with Crippen LogP contribution >= 0.6 is 0 Å². The highest BCUT2D eigenvalue weighted by Gasteiger charge is 2.21. The number of carbonyl (C=O) groups is 1. The minimum Gasteiger partial charge on any atom is -0.479 e. The van der Waals surface area contributed by atoms with Gasteiger partial charge in [-0.15, -0.1) is 0 Å². The van der Waals surface area contributed by atoms with Crippen molar-refractivity contribution in [3.05, 3.63) is 34.9 Å². The fraction of sp³-hybridized carbons (Fsp3) is 0.417. The second kappa shape index (κ2) is 4.94. The number of aryl methyl sites for hydroxylation is 2. The molecule has 3 heteroatoms. The monoisotopic (exact) mass is 208 g/mol. The predicted molar refractivity (Wildman–Crippen MR) is 57.9 cm³/mol. The quantitative estimate of drug-likeness (QED) is 0.826. The van der Waals surface area contributed by atoms with Gasteiger partial charge < -0.3 is 9.84 Å². The molecule has 0 aliphatic heterocycles. The van der Waals surface area contributed by atoms with E-state index in [1.165, 1.54) is 0 Å². The first kappa shape index (κ1) is 11.7. The number of benzene rings is 1. The molecule has 1 aromatic rings. The first-order chi connectivity index (χ1) is 7.06. The molecule has 0 aliphatic rings. The Kier molecular flexibility index (Phi) is 3.86. The second-order valence-electron chi connectivity index (χ2n) is 3.53. The van der Waals surface area contributed by atoms with Crippen LogP contribution in [0.5, 0.6) is 0 Å². The van der Waals surface area contributed by atoms with Crippen molar-refractivity contribution in [3.63, 3.8) is 0 Å². The molecule has 0 spiro atoms. The Bertz CT molecular complexity index is 358. The van der Waals surface area contributed by atoms with Crippen LogP contribution in [0.15, 0.2) is 18.2 Å². The molecule has 0 aromatic heterocycles. The summed E-state index contributed by atoms with van der Waals surface area (Å²) in [7, 11) is 0. The smallest absolute Gasteiger partial charge is 0.337 e. The fourth-order valence-corrected chi connectivity index (χ4v) is 1.50. The van der Waals surface area contributed by atoms with Gasteiger partial charge in [0.25, 0.3) is 0 Å². The third-order valence-corrected chi connectivity index (χ3v) is 2.27. The van der Waals surface area contributed by atoms with E-state index in [-0.39, 0.29) is 0 Å². The van der Waals surface area contributed by atoms with Crippen molar-refractivity contribution in [3.8, 4) is 0 Å². The summed E-state index contributed by atoms with van der Waals surface area (Å²) in [5.41, 5.74) is 2.73. The molecule has 1 N–H and O–H groups in total. The molecule has 82 valence electrons. The molecule has 15 heavy (non-hydrogen) atoms. The summed E-state index contributed by atoms with van der Waals surface area (Å²) in [5, 5.41) is 9.05. The van der Waals surface area contributed by atoms with E-state index in [1.807, 2.05) is 32.0 Å². The molecule has 0 saturated heterocycles. The zero-order valence-corrected chi connectivity index (χ0v) is 9.28. The Morgan fingerprint density at radius 1 is 1.47 bits per heavy atom. The van der Waals surface area contributed by atoms with Crippen molar-refractivity contribution in [1.82, 2.24) is 0 Å². The first-order valence-corrected chi connectivity index (χ1v) is 4.97. The molecule has 0 bridgehead atoms. The van der Waals surface area contributed by atoms with Gasteiger partial charge in [-0.2, -0.15) is 0 Å². The standard InChI is InChI=1S/C12H16O3/c1-4-15-11(12(13)14)10-7-8(2)5-6-9(10)3/h5-7,11H,4H2,1-3H3,(H,13,14). The maximum atomic E-state index is 11.0. The zero-order chi connectivity index (χ0) is 11.4. The molecular formula is C12H16O3. The van der Waals surface area contributed by atoms with Crippen molar-refractivity contribution in [2.24, 2.45) is 0 Å². The maximum Gasteiger partial charge on any atom is 0.337 e. The minimum atomic E-state index is -0.939. The van der Waals surface area contributed by atoms with Crippen molar-refractivity contribution >= 4 is 5.97 Å². The number of aliphatic carboxylic acids is 1. The van der Waals surface area contributed by atoms with Crippen molar-refractivity contribution in [1.29, 1.82) is 0 Å². The molecule has 0 amide bonds. The van der Waals surface area contributed by atoms with E-state index in [4.69, 9.17) is 9.84 Å². The van der Waals surface area contributed by atoms with Crippen molar-refractivity contribution < 1.29 is 14.6 Å². The molecule has 0 saturated carbocycles. The zero-order valence-electron chi connectivity index (χ0n) is 9.28. The SMILES string of the molecule is CCOC(C(=O)O)c1cc(C)ccc1C. The summed E-state index contributed by atoms with van der Waals surface area (Å²) in [5.74, 6) is -0.939. The van der Waals surface area contributed by atoms with Crippen molar-refractivity contribution in [2.45, 2.75) is 26.9 Å². The van der Waals surface area contributed by atoms with Crippen LogP contribution in [0.4, 0.5) is 0 Å². The normalized spacial score (nSPS) is 12.5. The van der Waals surface area contributed by atoms with Gasteiger partial charge in [-0.25, -0.2) is 4.79 Å². The number of hydrogen-bond acceptors (Lipinski definition) is 2. The predicted octanol–water partition coefficient (Wildman–Crippen LogP) is 2.47. The molecule has 1 aromatic carbocycles. The minimum absolute atomic E-state index is 0.393. The van der Waals surface area contributed by atoms with Crippen LogP contribution in [-0.2, 0) is 9.53 Å². The lowest BCUT2D eigenvalue weighted by molar-refractivity contribution is -0.150. The van der Waals surface area contributed by atoms with Crippen LogP contribution in [0.3, 0.4) is 0 Å². The van der Waals surface area contributed by atoms with Crippen LogP contribution in [0.2, 0.25) is 0 Å². The molecule has 0 heterocycles. The van der Waals surface area contributed by atoms with E-state index in [2.05, 4.69) is 0 Å². The molecule has 1 rings (SSSR count). The van der Waals surface area contributed by atoms with Crippen LogP contribution < -0.4 is 0 Å². The Morgan fingerprint density at radius 3 is 2.67 bits per heavy atom. The summed E-state index contributed by atoms with van der Waals surface area (Å²) in [6.07, 6.45) is -0.852. The topological polar surface area (TPSA) is 46.5 Å². The second-order valence-corrected chi connectivity index (χ2v) is 3.53. The van der Waals surface area contributed by atoms with Crippen LogP contribution in [0.1, 0.15) is 29.7 Å². The van der Waals surface area contributed by atoms with E-state index in [9.17, 15) is 4.79 Å². The molecule has 1 atom stereocenters. The first-order valence-electron chi connectivity index (χ1n) is 4.97. The molecule has 3 nitrogen and oxygen atoms in total. The summed E-state index contributed by atoms with van der Waals surface area (Å²) >= 11 is 0. The van der Waals surface area contributed by atoms with Gasteiger partial charge >= 0.3 is 5.97 Å². The Balaban J connectivity index is 3.09. The molecule has 1 unspecified atom stereocenters. The van der Waals surface area contributed by atoms with Gasteiger partial charge in [-0.3, -0.25) is 0 Å². The summed E-state index contributed by atoms with van der Waals surface area (Å²) < 4.78 is 5.23. The van der Waals surface area contributed by atoms with Crippen LogP contribution in [-0.4, -0.2) is 17.7 Å². The lowest BCUT2D eigenvalue weighted by atomic mass is 10.0. The van der Waals surface area contributed by atoms with E-state index in [0.29, 0.717) is 6.61 Å². The molecular weight excluding hydrogens is 192 g/mol. The van der Waals surface area contributed by atoms with Crippen LogP contribution in [0, 0.1) is 13.8 Å². The Labute approximate surface area is 89.7 Å². The van der Waals surface area contributed by atoms with E-state index in [1.54, 1.807) is 6.92 Å². The lowest BCUT2D eigenvalue weighted by Crippen LogP contribution is -2.16. The molecule has 0 aliphatic carbocycles. The highest BCUT2D eigenvalue weighted by atomic mass is 16.5. The highest BCUT2D eigenvalue weighted by molar-refractivity contribution is 5.75. The van der Waals surface area contributed by atoms with E-state index < -0.39 is 12.1 Å². The average molecular weight is 208 g/mol. The third-order valence-electron chi connectivity index (χ3n) is 2.27. The van der Waals surface area contributed by atoms with Gasteiger partial charge in [0.05, 0.1) is 0 Å². The highest BCUT2D eigenvalue weighted by Crippen LogP contribution is 2.22. The number of hydrogen-bond donors (Lipinski definition) is 1. The Hall–Kier alpha value is -1.35. The van der Waals surface area contributed by atoms with Gasteiger partial charge in [0, 0.05) is 6.61 Å². The van der Waals surface area contributed by atoms with Gasteiger partial charge in [-0.1, -0.05) is 23.8 Å². The Morgan fingerprint density at radius 2 is 2.13 bits per heavy atom. The number of carboxylic acids is 1. The van der Waals surface area contributed by atoms with Gasteiger partial charge in [0.15, 0.2) is 6.10 Å². The largest absolute Gasteiger partial charge is 0.479 e. The fourth-order valence-electron chi connectivity index (χ4n) is 1.50. The van der Waals surface area contributed by atoms with Crippen molar-refractivity contribution in [2.75, 3.05) is 6.61 Å². The number of ether oxygens (including phenoxy) is 1. The van der Waals surface area contributed by atoms with Gasteiger partial charge in [-0.05, 0) is 31.9 Å².